The van der Waals surface area contributed by atoms with Gasteiger partial charge in [-0.15, -0.1) is 0 Å². The molecule has 0 aliphatic carbocycles. The Kier molecular flexibility index (Phi) is 2.10. The summed E-state index contributed by atoms with van der Waals surface area (Å²) in [6.45, 7) is 0. The summed E-state index contributed by atoms with van der Waals surface area (Å²) in [4.78, 5) is 3.83. The molecule has 1 heterocycles. The van der Waals surface area contributed by atoms with E-state index in [0.717, 1.165) is 0 Å². The Labute approximate surface area is 84.1 Å². The van der Waals surface area contributed by atoms with Crippen LogP contribution in [0.3, 0.4) is 0 Å². The Balaban J connectivity index is 2.94. The van der Waals surface area contributed by atoms with E-state index < -0.39 is 5.82 Å². The highest BCUT2D eigenvalue weighted by Gasteiger charge is 2.07. The van der Waals surface area contributed by atoms with Gasteiger partial charge < -0.3 is 0 Å². The number of halogens is 3. The van der Waals surface area contributed by atoms with Gasteiger partial charge in [-0.25, -0.2) is 9.37 Å². The second kappa shape index (κ2) is 3.13. The molecule has 0 amide bonds. The monoisotopic (exact) mass is 215 g/mol. The molecule has 2 rings (SSSR count). The molecule has 0 saturated carbocycles. The number of hydrogen-bond donors (Lipinski definition) is 0. The van der Waals surface area contributed by atoms with E-state index in [9.17, 15) is 4.39 Å². The summed E-state index contributed by atoms with van der Waals surface area (Å²) in [6, 6.07) is 4.66. The Bertz CT molecular complexity index is 470. The van der Waals surface area contributed by atoms with Crippen molar-refractivity contribution in [2.75, 3.05) is 0 Å². The van der Waals surface area contributed by atoms with Gasteiger partial charge in [-0.2, -0.15) is 0 Å². The summed E-state index contributed by atoms with van der Waals surface area (Å²) in [6.07, 6.45) is 1.45. The van der Waals surface area contributed by atoms with Crippen LogP contribution in [0.2, 0.25) is 10.2 Å². The lowest BCUT2D eigenvalue weighted by atomic mass is 10.2. The Morgan fingerprint density at radius 3 is 2.62 bits per heavy atom. The van der Waals surface area contributed by atoms with Crippen LogP contribution in [0, 0.1) is 5.82 Å². The second-order valence-electron chi connectivity index (χ2n) is 2.56. The molecular formula is C9H4Cl2FN. The molecule has 66 valence electrons. The molecule has 0 saturated heterocycles. The van der Waals surface area contributed by atoms with E-state index in [1.54, 1.807) is 12.1 Å². The maximum Gasteiger partial charge on any atom is 0.149 e. The molecule has 1 aromatic carbocycles. The normalized spacial score (nSPS) is 10.7. The minimum absolute atomic E-state index is 0.0924. The molecule has 0 spiro atoms. The summed E-state index contributed by atoms with van der Waals surface area (Å²) in [7, 11) is 0. The lowest BCUT2D eigenvalue weighted by Crippen LogP contribution is -1.84. The van der Waals surface area contributed by atoms with Crippen LogP contribution in [0.15, 0.2) is 24.4 Å². The topological polar surface area (TPSA) is 12.9 Å². The first-order valence-electron chi connectivity index (χ1n) is 3.58. The molecule has 0 aliphatic heterocycles. The van der Waals surface area contributed by atoms with Crippen molar-refractivity contribution in [3.05, 3.63) is 40.4 Å². The highest BCUT2D eigenvalue weighted by atomic mass is 35.5. The first-order chi connectivity index (χ1) is 6.20. The molecule has 0 fully saturated rings. The maximum atomic E-state index is 13.4. The van der Waals surface area contributed by atoms with E-state index in [2.05, 4.69) is 4.98 Å². The molecule has 1 aromatic heterocycles. The van der Waals surface area contributed by atoms with Gasteiger partial charge in [0.15, 0.2) is 0 Å². The molecular weight excluding hydrogens is 212 g/mol. The molecule has 0 bridgehead atoms. The fourth-order valence-corrected chi connectivity index (χ4v) is 1.54. The molecule has 4 heteroatoms. The van der Waals surface area contributed by atoms with Crippen LogP contribution >= 0.6 is 23.2 Å². The lowest BCUT2D eigenvalue weighted by molar-refractivity contribution is 0.640. The van der Waals surface area contributed by atoms with Crippen LogP contribution in [0.4, 0.5) is 4.39 Å². The van der Waals surface area contributed by atoms with E-state index in [1.165, 1.54) is 12.3 Å². The van der Waals surface area contributed by atoms with Crippen LogP contribution in [-0.4, -0.2) is 4.98 Å². The molecule has 0 N–H and O–H groups in total. The molecule has 13 heavy (non-hydrogen) atoms. The number of benzene rings is 1. The predicted octanol–water partition coefficient (Wildman–Crippen LogP) is 3.68. The second-order valence-corrected chi connectivity index (χ2v) is 3.32. The minimum Gasteiger partial charge on any atom is -0.244 e. The third-order valence-electron chi connectivity index (χ3n) is 1.78. The quantitative estimate of drug-likeness (QED) is 0.612. The number of rotatable bonds is 0. The SMILES string of the molecule is Fc1c(Cl)ccc2c(Cl)nccc12. The summed E-state index contributed by atoms with van der Waals surface area (Å²) in [5, 5.41) is 1.35. The molecule has 0 aliphatic rings. The van der Waals surface area contributed by atoms with Crippen molar-refractivity contribution in [1.82, 2.24) is 4.98 Å². The predicted molar refractivity (Wildman–Crippen MR) is 51.7 cm³/mol. The van der Waals surface area contributed by atoms with Crippen molar-refractivity contribution in [2.24, 2.45) is 0 Å². The molecule has 0 unspecified atom stereocenters. The highest BCUT2D eigenvalue weighted by molar-refractivity contribution is 6.35. The number of pyridine rings is 1. The van der Waals surface area contributed by atoms with E-state index in [4.69, 9.17) is 23.2 Å². The number of hydrogen-bond acceptors (Lipinski definition) is 1. The van der Waals surface area contributed by atoms with E-state index in [1.807, 2.05) is 0 Å². The zero-order chi connectivity index (χ0) is 9.42. The average Bonchev–Trinajstić information content (AvgIpc) is 2.12. The number of aromatic nitrogens is 1. The van der Waals surface area contributed by atoms with E-state index in [0.29, 0.717) is 10.8 Å². The highest BCUT2D eigenvalue weighted by Crippen LogP contribution is 2.27. The van der Waals surface area contributed by atoms with Crippen LogP contribution in [-0.2, 0) is 0 Å². The molecule has 2 aromatic rings. The summed E-state index contributed by atoms with van der Waals surface area (Å²) in [5.74, 6) is -0.455. The largest absolute Gasteiger partial charge is 0.244 e. The smallest absolute Gasteiger partial charge is 0.149 e. The van der Waals surface area contributed by atoms with Gasteiger partial charge in [0.2, 0.25) is 0 Å². The van der Waals surface area contributed by atoms with Gasteiger partial charge in [-0.3, -0.25) is 0 Å². The van der Waals surface area contributed by atoms with E-state index >= 15 is 0 Å². The van der Waals surface area contributed by atoms with Crippen molar-refractivity contribution < 1.29 is 4.39 Å². The lowest BCUT2D eigenvalue weighted by Gasteiger charge is -2.01. The summed E-state index contributed by atoms with van der Waals surface area (Å²) in [5.41, 5.74) is 0. The Morgan fingerprint density at radius 2 is 1.85 bits per heavy atom. The summed E-state index contributed by atoms with van der Waals surface area (Å²) < 4.78 is 13.4. The van der Waals surface area contributed by atoms with Crippen molar-refractivity contribution >= 4 is 34.0 Å². The van der Waals surface area contributed by atoms with Crippen molar-refractivity contribution in [3.63, 3.8) is 0 Å². The van der Waals surface area contributed by atoms with E-state index in [-0.39, 0.29) is 10.2 Å². The molecule has 0 atom stereocenters. The van der Waals surface area contributed by atoms with Crippen LogP contribution in [0.25, 0.3) is 10.8 Å². The van der Waals surface area contributed by atoms with Gasteiger partial charge in [0.05, 0.1) is 5.02 Å². The van der Waals surface area contributed by atoms with Gasteiger partial charge in [0.25, 0.3) is 0 Å². The van der Waals surface area contributed by atoms with Gasteiger partial charge in [0, 0.05) is 17.0 Å². The van der Waals surface area contributed by atoms with Crippen molar-refractivity contribution in [3.8, 4) is 0 Å². The van der Waals surface area contributed by atoms with Crippen molar-refractivity contribution in [2.45, 2.75) is 0 Å². The Hall–Kier alpha value is -0.860. The third-order valence-corrected chi connectivity index (χ3v) is 2.38. The fourth-order valence-electron chi connectivity index (χ4n) is 1.16. The average molecular weight is 216 g/mol. The number of fused-ring (bicyclic) bond motifs is 1. The first-order valence-corrected chi connectivity index (χ1v) is 4.34. The maximum absolute atomic E-state index is 13.4. The minimum atomic E-state index is -0.455. The standard InChI is InChI=1S/C9H4Cl2FN/c10-7-2-1-6-5(8(7)12)3-4-13-9(6)11/h1-4H. The summed E-state index contributed by atoms with van der Waals surface area (Å²) >= 11 is 11.4. The van der Waals surface area contributed by atoms with Gasteiger partial charge in [-0.1, -0.05) is 23.2 Å². The van der Waals surface area contributed by atoms with Crippen molar-refractivity contribution in [1.29, 1.82) is 0 Å². The number of nitrogens with zero attached hydrogens (tertiary/aromatic N) is 1. The molecule has 0 radical (unpaired) electrons. The molecule has 1 nitrogen and oxygen atoms in total. The van der Waals surface area contributed by atoms with Crippen LogP contribution in [0.1, 0.15) is 0 Å². The Morgan fingerprint density at radius 1 is 1.08 bits per heavy atom. The van der Waals surface area contributed by atoms with Crippen LogP contribution < -0.4 is 0 Å². The zero-order valence-corrected chi connectivity index (χ0v) is 7.90. The van der Waals surface area contributed by atoms with Crippen LogP contribution in [0.5, 0.6) is 0 Å². The zero-order valence-electron chi connectivity index (χ0n) is 6.39. The fraction of sp³-hybridized carbons (Fsp3) is 0. The first kappa shape index (κ1) is 8.73. The third kappa shape index (κ3) is 1.36. The van der Waals surface area contributed by atoms with Gasteiger partial charge >= 0.3 is 0 Å². The van der Waals surface area contributed by atoms with Gasteiger partial charge in [0.1, 0.15) is 11.0 Å². The van der Waals surface area contributed by atoms with Gasteiger partial charge in [-0.05, 0) is 18.2 Å².